The average Bonchev–Trinajstić information content (AvgIpc) is 2.87. The standard InChI is InChI=1S/C10H12N4OS/c11-10-7(6-13-14-10)5-12-9(15)4-8-2-1-3-16-8/h1-3,6H,4-5H2,(H,12,15)(H3,11,13,14). The zero-order valence-electron chi connectivity index (χ0n) is 8.56. The van der Waals surface area contributed by atoms with Crippen LogP contribution >= 0.6 is 11.3 Å². The van der Waals surface area contributed by atoms with Gasteiger partial charge in [0.1, 0.15) is 5.82 Å². The van der Waals surface area contributed by atoms with Gasteiger partial charge in [0.2, 0.25) is 5.91 Å². The van der Waals surface area contributed by atoms with Gasteiger partial charge >= 0.3 is 0 Å². The molecule has 0 aliphatic rings. The van der Waals surface area contributed by atoms with Gasteiger partial charge in [-0.25, -0.2) is 0 Å². The number of thiophene rings is 1. The summed E-state index contributed by atoms with van der Waals surface area (Å²) in [5.41, 5.74) is 6.40. The highest BCUT2D eigenvalue weighted by Crippen LogP contribution is 2.09. The summed E-state index contributed by atoms with van der Waals surface area (Å²) in [5.74, 6) is 0.486. The first kappa shape index (κ1) is 10.7. The molecule has 0 aromatic carbocycles. The SMILES string of the molecule is Nc1[nH]ncc1CNC(=O)Cc1cccs1. The molecule has 1 amide bonds. The number of hydrogen-bond donors (Lipinski definition) is 3. The second-order valence-corrected chi connectivity index (χ2v) is 4.37. The Bertz CT molecular complexity index is 463. The Balaban J connectivity index is 1.82. The first-order chi connectivity index (χ1) is 7.75. The van der Waals surface area contributed by atoms with Gasteiger partial charge in [-0.3, -0.25) is 9.89 Å². The summed E-state index contributed by atoms with van der Waals surface area (Å²) in [6, 6.07) is 3.87. The quantitative estimate of drug-likeness (QED) is 0.737. The molecule has 0 atom stereocenters. The third-order valence-electron chi connectivity index (χ3n) is 2.14. The summed E-state index contributed by atoms with van der Waals surface area (Å²) in [6.45, 7) is 0.409. The van der Waals surface area contributed by atoms with Crippen molar-refractivity contribution >= 4 is 23.1 Å². The topological polar surface area (TPSA) is 83.8 Å². The van der Waals surface area contributed by atoms with Crippen LogP contribution in [0.2, 0.25) is 0 Å². The van der Waals surface area contributed by atoms with E-state index in [0.29, 0.717) is 18.8 Å². The molecule has 0 aliphatic carbocycles. The number of nitrogens with one attached hydrogen (secondary N) is 2. The monoisotopic (exact) mass is 236 g/mol. The molecule has 0 spiro atoms. The lowest BCUT2D eigenvalue weighted by molar-refractivity contribution is -0.120. The molecule has 4 N–H and O–H groups in total. The molecule has 2 heterocycles. The van der Waals surface area contributed by atoms with Gasteiger partial charge in [0.15, 0.2) is 0 Å². The van der Waals surface area contributed by atoms with Crippen LogP contribution in [0.25, 0.3) is 0 Å². The Morgan fingerprint density at radius 2 is 2.50 bits per heavy atom. The van der Waals surface area contributed by atoms with Crippen LogP contribution in [0.3, 0.4) is 0 Å². The maximum absolute atomic E-state index is 11.5. The van der Waals surface area contributed by atoms with Crippen molar-refractivity contribution in [2.45, 2.75) is 13.0 Å². The number of anilines is 1. The van der Waals surface area contributed by atoms with Crippen molar-refractivity contribution in [3.63, 3.8) is 0 Å². The molecule has 0 bridgehead atoms. The zero-order chi connectivity index (χ0) is 11.4. The van der Waals surface area contributed by atoms with E-state index < -0.39 is 0 Å². The van der Waals surface area contributed by atoms with Crippen LogP contribution in [0.1, 0.15) is 10.4 Å². The number of amides is 1. The van der Waals surface area contributed by atoms with E-state index in [4.69, 9.17) is 5.73 Å². The van der Waals surface area contributed by atoms with Crippen molar-refractivity contribution in [3.05, 3.63) is 34.2 Å². The van der Waals surface area contributed by atoms with Crippen molar-refractivity contribution in [3.8, 4) is 0 Å². The number of aromatic amines is 1. The first-order valence-corrected chi connectivity index (χ1v) is 5.70. The van der Waals surface area contributed by atoms with E-state index >= 15 is 0 Å². The number of nitrogens with zero attached hydrogens (tertiary/aromatic N) is 1. The van der Waals surface area contributed by atoms with Gasteiger partial charge in [-0.1, -0.05) is 6.07 Å². The minimum atomic E-state index is -0.0111. The first-order valence-electron chi connectivity index (χ1n) is 4.82. The van der Waals surface area contributed by atoms with Crippen LogP contribution in [0.5, 0.6) is 0 Å². The number of carbonyl (C=O) groups excluding carboxylic acids is 1. The lowest BCUT2D eigenvalue weighted by atomic mass is 10.3. The van der Waals surface area contributed by atoms with Gasteiger partial charge in [0, 0.05) is 17.0 Å². The zero-order valence-corrected chi connectivity index (χ0v) is 9.38. The molecule has 0 radical (unpaired) electrons. The molecule has 0 saturated heterocycles. The van der Waals surface area contributed by atoms with Crippen molar-refractivity contribution in [2.24, 2.45) is 0 Å². The molecule has 16 heavy (non-hydrogen) atoms. The maximum Gasteiger partial charge on any atom is 0.225 e. The van der Waals surface area contributed by atoms with Gasteiger partial charge in [-0.2, -0.15) is 5.10 Å². The van der Waals surface area contributed by atoms with E-state index in [2.05, 4.69) is 15.5 Å². The molecule has 2 aromatic heterocycles. The summed E-state index contributed by atoms with van der Waals surface area (Å²) in [5, 5.41) is 11.1. The predicted octanol–water partition coefficient (Wildman–Crippen LogP) is 0.912. The van der Waals surface area contributed by atoms with Crippen LogP contribution in [0, 0.1) is 0 Å². The molecule has 84 valence electrons. The van der Waals surface area contributed by atoms with Crippen LogP contribution in [0.4, 0.5) is 5.82 Å². The number of nitrogen functional groups attached to an aromatic ring is 1. The van der Waals surface area contributed by atoms with Gasteiger partial charge in [0.25, 0.3) is 0 Å². The number of nitrogens with two attached hydrogens (primary N) is 1. The van der Waals surface area contributed by atoms with Crippen molar-refractivity contribution < 1.29 is 4.79 Å². The Morgan fingerprint density at radius 3 is 3.12 bits per heavy atom. The summed E-state index contributed by atoms with van der Waals surface area (Å²) in [4.78, 5) is 12.6. The Labute approximate surface area is 96.7 Å². The molecular weight excluding hydrogens is 224 g/mol. The largest absolute Gasteiger partial charge is 0.384 e. The minimum absolute atomic E-state index is 0.0111. The fourth-order valence-electron chi connectivity index (χ4n) is 1.29. The van der Waals surface area contributed by atoms with E-state index in [1.54, 1.807) is 17.5 Å². The normalized spacial score (nSPS) is 10.2. The van der Waals surface area contributed by atoms with Gasteiger partial charge in [0.05, 0.1) is 12.6 Å². The minimum Gasteiger partial charge on any atom is -0.384 e. The molecule has 2 aromatic rings. The lowest BCUT2D eigenvalue weighted by Gasteiger charge is -2.02. The van der Waals surface area contributed by atoms with Gasteiger partial charge < -0.3 is 11.1 Å². The highest BCUT2D eigenvalue weighted by molar-refractivity contribution is 7.10. The van der Waals surface area contributed by atoms with Crippen LogP contribution in [-0.2, 0) is 17.8 Å². The van der Waals surface area contributed by atoms with E-state index in [1.165, 1.54) is 0 Å². The summed E-state index contributed by atoms with van der Waals surface area (Å²) in [6.07, 6.45) is 2.02. The Kier molecular flexibility index (Phi) is 3.21. The maximum atomic E-state index is 11.5. The van der Waals surface area contributed by atoms with Crippen molar-refractivity contribution in [2.75, 3.05) is 5.73 Å². The van der Waals surface area contributed by atoms with E-state index in [-0.39, 0.29) is 5.91 Å². The molecule has 0 fully saturated rings. The van der Waals surface area contributed by atoms with Crippen molar-refractivity contribution in [1.29, 1.82) is 0 Å². The summed E-state index contributed by atoms with van der Waals surface area (Å²) < 4.78 is 0. The fraction of sp³-hybridized carbons (Fsp3) is 0.200. The molecule has 2 rings (SSSR count). The Hall–Kier alpha value is -1.82. The van der Waals surface area contributed by atoms with Gasteiger partial charge in [-0.15, -0.1) is 11.3 Å². The highest BCUT2D eigenvalue weighted by Gasteiger charge is 2.06. The Morgan fingerprint density at radius 1 is 1.62 bits per heavy atom. The molecule has 5 nitrogen and oxygen atoms in total. The van der Waals surface area contributed by atoms with Crippen LogP contribution < -0.4 is 11.1 Å². The molecule has 0 aliphatic heterocycles. The molecule has 0 unspecified atom stereocenters. The number of carbonyl (C=O) groups is 1. The number of rotatable bonds is 4. The van der Waals surface area contributed by atoms with Crippen LogP contribution in [0.15, 0.2) is 23.7 Å². The smallest absolute Gasteiger partial charge is 0.225 e. The third-order valence-corrected chi connectivity index (χ3v) is 3.02. The molecule has 0 saturated carbocycles. The number of aromatic nitrogens is 2. The second kappa shape index (κ2) is 4.80. The summed E-state index contributed by atoms with van der Waals surface area (Å²) in [7, 11) is 0. The lowest BCUT2D eigenvalue weighted by Crippen LogP contribution is -2.24. The van der Waals surface area contributed by atoms with E-state index in [9.17, 15) is 4.79 Å². The fourth-order valence-corrected chi connectivity index (χ4v) is 1.99. The van der Waals surface area contributed by atoms with Crippen LogP contribution in [-0.4, -0.2) is 16.1 Å². The number of hydrogen-bond acceptors (Lipinski definition) is 4. The van der Waals surface area contributed by atoms with Gasteiger partial charge in [-0.05, 0) is 11.4 Å². The molecule has 6 heteroatoms. The van der Waals surface area contributed by atoms with Crippen molar-refractivity contribution in [1.82, 2.24) is 15.5 Å². The average molecular weight is 236 g/mol. The second-order valence-electron chi connectivity index (χ2n) is 3.34. The predicted molar refractivity (Wildman–Crippen MR) is 62.9 cm³/mol. The summed E-state index contributed by atoms with van der Waals surface area (Å²) >= 11 is 1.57. The molecular formula is C10H12N4OS. The number of H-pyrrole nitrogens is 1. The van der Waals surface area contributed by atoms with E-state index in [0.717, 1.165) is 10.4 Å². The van der Waals surface area contributed by atoms with E-state index in [1.807, 2.05) is 17.5 Å². The third kappa shape index (κ3) is 2.60. The highest BCUT2D eigenvalue weighted by atomic mass is 32.1.